The van der Waals surface area contributed by atoms with Gasteiger partial charge in [0.1, 0.15) is 6.04 Å². The molecule has 1 aromatic heterocycles. The van der Waals surface area contributed by atoms with Gasteiger partial charge >= 0.3 is 0 Å². The summed E-state index contributed by atoms with van der Waals surface area (Å²) in [6, 6.07) is 18.3. The van der Waals surface area contributed by atoms with Crippen LogP contribution in [0, 0.1) is 11.5 Å². The maximum absolute atomic E-state index is 12.7. The molecule has 0 radical (unpaired) electrons. The van der Waals surface area contributed by atoms with Gasteiger partial charge in [0.2, 0.25) is 0 Å². The van der Waals surface area contributed by atoms with Crippen LogP contribution >= 0.6 is 11.8 Å². The third-order valence-electron chi connectivity index (χ3n) is 4.33. The minimum Gasteiger partial charge on any atom is -0.339 e. The topological polar surface area (TPSA) is 86.1 Å². The molecule has 0 bridgehead atoms. The van der Waals surface area contributed by atoms with E-state index in [1.54, 1.807) is 12.3 Å². The molecule has 0 saturated carbocycles. The fourth-order valence-corrected chi connectivity index (χ4v) is 3.77. The maximum atomic E-state index is 12.7. The summed E-state index contributed by atoms with van der Waals surface area (Å²) in [5.74, 6) is 0.212. The Morgan fingerprint density at radius 1 is 1.17 bits per heavy atom. The Hall–Kier alpha value is -3.37. The summed E-state index contributed by atoms with van der Waals surface area (Å²) in [5, 5.41) is 12.7. The molecular formula is C22H20N4O2S. The average Bonchev–Trinajstić information content (AvgIpc) is 2.77. The lowest BCUT2D eigenvalue weighted by atomic mass is 10.1. The van der Waals surface area contributed by atoms with Crippen molar-refractivity contribution in [2.75, 3.05) is 12.8 Å². The lowest BCUT2D eigenvalue weighted by Gasteiger charge is -2.20. The number of carbonyl (C=O) groups excluding carboxylic acids is 2. The van der Waals surface area contributed by atoms with E-state index in [0.29, 0.717) is 17.1 Å². The van der Waals surface area contributed by atoms with Gasteiger partial charge in [-0.1, -0.05) is 48.5 Å². The summed E-state index contributed by atoms with van der Waals surface area (Å²) in [6.07, 6.45) is 3.29. The highest BCUT2D eigenvalue weighted by molar-refractivity contribution is 7.98. The molecule has 1 heterocycles. The van der Waals surface area contributed by atoms with E-state index in [-0.39, 0.29) is 0 Å². The van der Waals surface area contributed by atoms with Crippen molar-refractivity contribution in [1.82, 2.24) is 15.2 Å². The SMILES string of the molecule is CN(C#N)C(=O)[C@H](CSCc1ccccc1)NC(=O)c1cnc2ccccc2c1. The number of pyridine rings is 1. The van der Waals surface area contributed by atoms with Gasteiger partial charge in [-0.25, -0.2) is 0 Å². The minimum absolute atomic E-state index is 0.354. The Labute approximate surface area is 173 Å². The average molecular weight is 404 g/mol. The number of rotatable bonds is 7. The van der Waals surface area contributed by atoms with Crippen LogP contribution in [0.4, 0.5) is 0 Å². The molecule has 0 saturated heterocycles. The molecule has 3 rings (SSSR count). The zero-order chi connectivity index (χ0) is 20.6. The molecule has 2 amide bonds. The van der Waals surface area contributed by atoms with Gasteiger partial charge in [0.15, 0.2) is 6.19 Å². The summed E-state index contributed by atoms with van der Waals surface area (Å²) in [4.78, 5) is 30.5. The first-order valence-corrected chi connectivity index (χ1v) is 10.2. The monoisotopic (exact) mass is 404 g/mol. The van der Waals surface area contributed by atoms with Gasteiger partial charge < -0.3 is 5.32 Å². The van der Waals surface area contributed by atoms with Gasteiger partial charge in [-0.3, -0.25) is 19.5 Å². The first kappa shape index (κ1) is 20.4. The quantitative estimate of drug-likeness (QED) is 0.483. The van der Waals surface area contributed by atoms with E-state index in [4.69, 9.17) is 5.26 Å². The van der Waals surface area contributed by atoms with Crippen molar-refractivity contribution >= 4 is 34.5 Å². The van der Waals surface area contributed by atoms with Crippen molar-refractivity contribution in [1.29, 1.82) is 5.26 Å². The van der Waals surface area contributed by atoms with Gasteiger partial charge in [-0.15, -0.1) is 0 Å². The molecule has 2 aromatic carbocycles. The Morgan fingerprint density at radius 2 is 1.90 bits per heavy atom. The van der Waals surface area contributed by atoms with Gasteiger partial charge in [0.25, 0.3) is 11.8 Å². The highest BCUT2D eigenvalue weighted by Crippen LogP contribution is 2.15. The van der Waals surface area contributed by atoms with E-state index < -0.39 is 17.9 Å². The number of hydrogen-bond donors (Lipinski definition) is 1. The van der Waals surface area contributed by atoms with Gasteiger partial charge in [0.05, 0.1) is 11.1 Å². The maximum Gasteiger partial charge on any atom is 0.258 e. The van der Waals surface area contributed by atoms with Crippen LogP contribution in [0.5, 0.6) is 0 Å². The summed E-state index contributed by atoms with van der Waals surface area (Å²) < 4.78 is 0. The van der Waals surface area contributed by atoms with Crippen molar-refractivity contribution < 1.29 is 9.59 Å². The second kappa shape index (κ2) is 9.71. The Balaban J connectivity index is 1.71. The fourth-order valence-electron chi connectivity index (χ4n) is 2.76. The normalized spacial score (nSPS) is 11.4. The number of nitrogens with zero attached hydrogens (tertiary/aromatic N) is 3. The number of aromatic nitrogens is 1. The highest BCUT2D eigenvalue weighted by atomic mass is 32.2. The highest BCUT2D eigenvalue weighted by Gasteiger charge is 2.25. The van der Waals surface area contributed by atoms with Crippen molar-refractivity contribution in [2.24, 2.45) is 0 Å². The molecule has 0 fully saturated rings. The molecule has 0 spiro atoms. The van der Waals surface area contributed by atoms with Crippen LogP contribution in [-0.2, 0) is 10.5 Å². The van der Waals surface area contributed by atoms with Crippen molar-refractivity contribution in [3.8, 4) is 6.19 Å². The van der Waals surface area contributed by atoms with E-state index >= 15 is 0 Å². The molecule has 6 nitrogen and oxygen atoms in total. The number of thioether (sulfide) groups is 1. The molecule has 1 atom stereocenters. The molecule has 0 aliphatic heterocycles. The molecule has 1 N–H and O–H groups in total. The molecule has 0 unspecified atom stereocenters. The number of nitriles is 1. The molecule has 7 heteroatoms. The molecule has 0 aliphatic carbocycles. The van der Waals surface area contributed by atoms with Crippen molar-refractivity contribution in [3.63, 3.8) is 0 Å². The van der Waals surface area contributed by atoms with Gasteiger partial charge in [-0.2, -0.15) is 17.0 Å². The number of nitrogens with one attached hydrogen (secondary N) is 1. The second-order valence-electron chi connectivity index (χ2n) is 6.44. The summed E-state index contributed by atoms with van der Waals surface area (Å²) in [7, 11) is 1.39. The molecule has 29 heavy (non-hydrogen) atoms. The van der Waals surface area contributed by atoms with Crippen LogP contribution in [0.1, 0.15) is 15.9 Å². The van der Waals surface area contributed by atoms with Crippen LogP contribution in [0.25, 0.3) is 10.9 Å². The molecular weight excluding hydrogens is 384 g/mol. The van der Waals surface area contributed by atoms with Gasteiger partial charge in [-0.05, 0) is 17.7 Å². The standard InChI is InChI=1S/C22H20N4O2S/c1-26(15-23)22(28)20(14-29-13-16-7-3-2-4-8-16)25-21(27)18-11-17-9-5-6-10-19(17)24-12-18/h2-12,20H,13-14H2,1H3,(H,25,27)/t20-/m0/s1. The third-order valence-corrected chi connectivity index (χ3v) is 5.44. The van der Waals surface area contributed by atoms with Crippen LogP contribution in [0.15, 0.2) is 66.9 Å². The predicted octanol–water partition coefficient (Wildman–Crippen LogP) is 3.21. The molecule has 0 aliphatic rings. The lowest BCUT2D eigenvalue weighted by molar-refractivity contribution is -0.128. The third kappa shape index (κ3) is 5.33. The van der Waals surface area contributed by atoms with Crippen molar-refractivity contribution in [3.05, 3.63) is 78.0 Å². The van der Waals surface area contributed by atoms with Crippen LogP contribution in [0.2, 0.25) is 0 Å². The predicted molar refractivity (Wildman–Crippen MR) is 114 cm³/mol. The Bertz CT molecular complexity index is 1050. The number of carbonyl (C=O) groups is 2. The number of benzene rings is 2. The number of amides is 2. The second-order valence-corrected chi connectivity index (χ2v) is 7.47. The van der Waals surface area contributed by atoms with Crippen LogP contribution < -0.4 is 5.32 Å². The number of likely N-dealkylation sites (N-methyl/N-ethyl adjacent to an activating group) is 1. The number of para-hydroxylation sites is 1. The lowest BCUT2D eigenvalue weighted by Crippen LogP contribution is -2.47. The zero-order valence-corrected chi connectivity index (χ0v) is 16.7. The molecule has 146 valence electrons. The van der Waals surface area contributed by atoms with E-state index in [0.717, 1.165) is 21.4 Å². The van der Waals surface area contributed by atoms with Crippen molar-refractivity contribution in [2.45, 2.75) is 11.8 Å². The smallest absolute Gasteiger partial charge is 0.258 e. The number of fused-ring (bicyclic) bond motifs is 1. The van der Waals surface area contributed by atoms with E-state index in [1.165, 1.54) is 25.0 Å². The Morgan fingerprint density at radius 3 is 2.66 bits per heavy atom. The molecule has 3 aromatic rings. The summed E-state index contributed by atoms with van der Waals surface area (Å²) >= 11 is 1.52. The first-order chi connectivity index (χ1) is 14.1. The summed E-state index contributed by atoms with van der Waals surface area (Å²) in [6.45, 7) is 0. The van der Waals surface area contributed by atoms with E-state index in [9.17, 15) is 9.59 Å². The van der Waals surface area contributed by atoms with Crippen LogP contribution in [0.3, 0.4) is 0 Å². The fraction of sp³-hybridized carbons (Fsp3) is 0.182. The Kier molecular flexibility index (Phi) is 6.82. The summed E-state index contributed by atoms with van der Waals surface area (Å²) in [5.41, 5.74) is 2.29. The van der Waals surface area contributed by atoms with Gasteiger partial charge in [0, 0.05) is 30.1 Å². The largest absolute Gasteiger partial charge is 0.339 e. The van der Waals surface area contributed by atoms with E-state index in [2.05, 4.69) is 10.3 Å². The van der Waals surface area contributed by atoms with E-state index in [1.807, 2.05) is 54.6 Å². The number of hydrogen-bond acceptors (Lipinski definition) is 5. The minimum atomic E-state index is -0.813. The zero-order valence-electron chi connectivity index (χ0n) is 15.9. The van der Waals surface area contributed by atoms with Crippen LogP contribution in [-0.4, -0.2) is 40.5 Å². The first-order valence-electron chi connectivity index (χ1n) is 9.03.